The molecule has 0 aromatic carbocycles. The van der Waals surface area contributed by atoms with Crippen molar-refractivity contribution < 1.29 is 0 Å². The monoisotopic (exact) mass is 182 g/mol. The summed E-state index contributed by atoms with van der Waals surface area (Å²) < 4.78 is 0. The highest BCUT2D eigenvalue weighted by atomic mass is 15.2. The molecule has 0 unspecified atom stereocenters. The van der Waals surface area contributed by atoms with Crippen LogP contribution in [0.3, 0.4) is 0 Å². The number of rotatable bonds is 0. The number of amidine groups is 1. The van der Waals surface area contributed by atoms with Crippen molar-refractivity contribution in [1.82, 2.24) is 4.90 Å². The predicted octanol–water partition coefficient (Wildman–Crippen LogP) is 2.69. The molecule has 2 aliphatic heterocycles. The first kappa shape index (κ1) is 10.6. The average molecular weight is 182 g/mol. The summed E-state index contributed by atoms with van der Waals surface area (Å²) in [6, 6.07) is 0. The van der Waals surface area contributed by atoms with Gasteiger partial charge in [0.15, 0.2) is 0 Å². The molecule has 1 saturated heterocycles. The van der Waals surface area contributed by atoms with Crippen molar-refractivity contribution in [2.24, 2.45) is 4.99 Å². The van der Waals surface area contributed by atoms with Crippen LogP contribution >= 0.6 is 0 Å². The van der Waals surface area contributed by atoms with Gasteiger partial charge < -0.3 is 4.90 Å². The normalized spacial score (nSPS) is 22.0. The van der Waals surface area contributed by atoms with Crippen molar-refractivity contribution in [1.29, 1.82) is 0 Å². The molecule has 0 bridgehead atoms. The molecule has 2 rings (SSSR count). The SMILES string of the molecule is C1CCC2=NCCCN2CC1.CC. The molecule has 13 heavy (non-hydrogen) atoms. The second-order valence-electron chi connectivity index (χ2n) is 3.45. The van der Waals surface area contributed by atoms with Crippen molar-refractivity contribution in [2.75, 3.05) is 19.6 Å². The van der Waals surface area contributed by atoms with Crippen LogP contribution in [-0.2, 0) is 0 Å². The lowest BCUT2D eigenvalue weighted by molar-refractivity contribution is 0.391. The van der Waals surface area contributed by atoms with Crippen LogP contribution in [0.1, 0.15) is 46.0 Å². The summed E-state index contributed by atoms with van der Waals surface area (Å²) in [5, 5.41) is 0. The molecule has 0 aromatic rings. The van der Waals surface area contributed by atoms with E-state index >= 15 is 0 Å². The average Bonchev–Trinajstić information content (AvgIpc) is 2.45. The van der Waals surface area contributed by atoms with Crippen LogP contribution in [0.2, 0.25) is 0 Å². The Bertz CT molecular complexity index is 163. The van der Waals surface area contributed by atoms with E-state index in [4.69, 9.17) is 0 Å². The third-order valence-corrected chi connectivity index (χ3v) is 2.57. The Morgan fingerprint density at radius 1 is 1.00 bits per heavy atom. The molecule has 1 fully saturated rings. The van der Waals surface area contributed by atoms with Gasteiger partial charge >= 0.3 is 0 Å². The van der Waals surface area contributed by atoms with E-state index in [0.717, 1.165) is 6.54 Å². The summed E-state index contributed by atoms with van der Waals surface area (Å²) in [4.78, 5) is 7.04. The molecule has 0 aromatic heterocycles. The molecule has 0 N–H and O–H groups in total. The van der Waals surface area contributed by atoms with Gasteiger partial charge in [0, 0.05) is 26.1 Å². The third kappa shape index (κ3) is 3.02. The summed E-state index contributed by atoms with van der Waals surface area (Å²) in [5.74, 6) is 1.40. The largest absolute Gasteiger partial charge is 0.360 e. The van der Waals surface area contributed by atoms with Gasteiger partial charge in [0.2, 0.25) is 0 Å². The van der Waals surface area contributed by atoms with E-state index in [0.29, 0.717) is 0 Å². The Hall–Kier alpha value is -0.530. The van der Waals surface area contributed by atoms with Crippen LogP contribution in [0, 0.1) is 0 Å². The zero-order chi connectivity index (χ0) is 9.52. The minimum absolute atomic E-state index is 1.08. The van der Waals surface area contributed by atoms with E-state index in [2.05, 4.69) is 9.89 Å². The molecular formula is C11H22N2. The molecule has 0 atom stereocenters. The van der Waals surface area contributed by atoms with Gasteiger partial charge in [-0.3, -0.25) is 4.99 Å². The first-order chi connectivity index (χ1) is 6.47. The Morgan fingerprint density at radius 2 is 1.77 bits per heavy atom. The van der Waals surface area contributed by atoms with Gasteiger partial charge in [0.25, 0.3) is 0 Å². The lowest BCUT2D eigenvalue weighted by atomic mass is 10.2. The number of nitrogens with zero attached hydrogens (tertiary/aromatic N) is 2. The summed E-state index contributed by atoms with van der Waals surface area (Å²) in [6.07, 6.45) is 6.63. The molecule has 2 heterocycles. The molecular weight excluding hydrogens is 160 g/mol. The van der Waals surface area contributed by atoms with E-state index < -0.39 is 0 Å². The Labute approximate surface area is 82.0 Å². The second kappa shape index (κ2) is 6.01. The molecule has 0 spiro atoms. The van der Waals surface area contributed by atoms with Gasteiger partial charge in [-0.15, -0.1) is 0 Å². The van der Waals surface area contributed by atoms with Gasteiger partial charge in [0.1, 0.15) is 0 Å². The Balaban J connectivity index is 0.000000396. The molecule has 0 radical (unpaired) electrons. The fourth-order valence-corrected chi connectivity index (χ4v) is 1.94. The highest BCUT2D eigenvalue weighted by Crippen LogP contribution is 2.15. The van der Waals surface area contributed by atoms with Crippen molar-refractivity contribution in [3.8, 4) is 0 Å². The Morgan fingerprint density at radius 3 is 2.62 bits per heavy atom. The van der Waals surface area contributed by atoms with Crippen molar-refractivity contribution >= 4 is 5.84 Å². The fourth-order valence-electron chi connectivity index (χ4n) is 1.94. The number of aliphatic imine (C=N–C) groups is 1. The van der Waals surface area contributed by atoms with E-state index in [9.17, 15) is 0 Å². The smallest absolute Gasteiger partial charge is 0.0988 e. The van der Waals surface area contributed by atoms with Gasteiger partial charge in [0.05, 0.1) is 5.84 Å². The third-order valence-electron chi connectivity index (χ3n) is 2.57. The van der Waals surface area contributed by atoms with E-state index in [1.807, 2.05) is 13.8 Å². The maximum Gasteiger partial charge on any atom is 0.0988 e. The summed E-state index contributed by atoms with van der Waals surface area (Å²) in [5.41, 5.74) is 0. The van der Waals surface area contributed by atoms with Crippen molar-refractivity contribution in [2.45, 2.75) is 46.0 Å². The Kier molecular flexibility index (Phi) is 4.87. The standard InChI is InChI=1S/C9H16N2.C2H6/c1-2-5-9-10-6-4-8-11(9)7-3-1;1-2/h1-8H2;1-2H3. The quantitative estimate of drug-likeness (QED) is 0.562. The van der Waals surface area contributed by atoms with Crippen molar-refractivity contribution in [3.63, 3.8) is 0 Å². The predicted molar refractivity (Wildman–Crippen MR) is 58.3 cm³/mol. The fraction of sp³-hybridized carbons (Fsp3) is 0.909. The molecule has 0 saturated carbocycles. The maximum absolute atomic E-state index is 4.55. The molecule has 2 heteroatoms. The molecule has 0 amide bonds. The number of hydrogen-bond donors (Lipinski definition) is 0. The zero-order valence-corrected chi connectivity index (χ0v) is 9.05. The van der Waals surface area contributed by atoms with Gasteiger partial charge in [-0.1, -0.05) is 20.3 Å². The van der Waals surface area contributed by atoms with Crippen LogP contribution in [-0.4, -0.2) is 30.4 Å². The minimum Gasteiger partial charge on any atom is -0.360 e. The molecule has 0 aliphatic carbocycles. The van der Waals surface area contributed by atoms with E-state index in [1.54, 1.807) is 0 Å². The second-order valence-corrected chi connectivity index (χ2v) is 3.45. The molecule has 2 aliphatic rings. The number of hydrogen-bond acceptors (Lipinski definition) is 2. The lowest BCUT2D eigenvalue weighted by Crippen LogP contribution is -2.34. The van der Waals surface area contributed by atoms with Crippen LogP contribution in [0.15, 0.2) is 4.99 Å². The van der Waals surface area contributed by atoms with Gasteiger partial charge in [-0.2, -0.15) is 0 Å². The minimum atomic E-state index is 1.08. The zero-order valence-electron chi connectivity index (χ0n) is 9.05. The topological polar surface area (TPSA) is 15.6 Å². The number of fused-ring (bicyclic) bond motifs is 1. The molecule has 76 valence electrons. The maximum atomic E-state index is 4.55. The van der Waals surface area contributed by atoms with E-state index in [-0.39, 0.29) is 0 Å². The first-order valence-electron chi connectivity index (χ1n) is 5.75. The van der Waals surface area contributed by atoms with Crippen LogP contribution in [0.4, 0.5) is 0 Å². The summed E-state index contributed by atoms with van der Waals surface area (Å²) in [6.45, 7) is 7.60. The highest BCUT2D eigenvalue weighted by molar-refractivity contribution is 5.83. The molecule has 2 nitrogen and oxygen atoms in total. The highest BCUT2D eigenvalue weighted by Gasteiger charge is 2.16. The van der Waals surface area contributed by atoms with Crippen LogP contribution in [0.5, 0.6) is 0 Å². The van der Waals surface area contributed by atoms with Crippen LogP contribution < -0.4 is 0 Å². The van der Waals surface area contributed by atoms with E-state index in [1.165, 1.54) is 51.0 Å². The lowest BCUT2D eigenvalue weighted by Gasteiger charge is -2.27. The first-order valence-corrected chi connectivity index (χ1v) is 5.75. The summed E-state index contributed by atoms with van der Waals surface area (Å²) in [7, 11) is 0. The van der Waals surface area contributed by atoms with Gasteiger partial charge in [-0.05, 0) is 19.3 Å². The summed E-state index contributed by atoms with van der Waals surface area (Å²) >= 11 is 0. The van der Waals surface area contributed by atoms with Crippen molar-refractivity contribution in [3.05, 3.63) is 0 Å². The van der Waals surface area contributed by atoms with Gasteiger partial charge in [-0.25, -0.2) is 0 Å². The van der Waals surface area contributed by atoms with Crippen LogP contribution in [0.25, 0.3) is 0 Å².